The number of ether oxygens (including phenoxy) is 3. The van der Waals surface area contributed by atoms with Crippen molar-refractivity contribution in [2.24, 2.45) is 0 Å². The van der Waals surface area contributed by atoms with Gasteiger partial charge in [-0.2, -0.15) is 0 Å². The van der Waals surface area contributed by atoms with E-state index in [0.717, 1.165) is 28.1 Å². The third-order valence-electron chi connectivity index (χ3n) is 2.18. The van der Waals surface area contributed by atoms with Crippen LogP contribution < -0.4 is 9.47 Å². The fourth-order valence-electron chi connectivity index (χ4n) is 1.34. The molecular formula is C10H11BrO3. The van der Waals surface area contributed by atoms with Crippen molar-refractivity contribution in [3.8, 4) is 11.5 Å². The van der Waals surface area contributed by atoms with E-state index in [-0.39, 0.29) is 6.10 Å². The van der Waals surface area contributed by atoms with E-state index in [1.165, 1.54) is 0 Å². The van der Waals surface area contributed by atoms with Gasteiger partial charge < -0.3 is 14.2 Å². The van der Waals surface area contributed by atoms with E-state index in [1.807, 2.05) is 12.1 Å². The van der Waals surface area contributed by atoms with Crippen LogP contribution in [0.1, 0.15) is 11.7 Å². The fourth-order valence-corrected chi connectivity index (χ4v) is 1.92. The molecule has 0 bridgehead atoms. The molecule has 1 aliphatic rings. The third-order valence-corrected chi connectivity index (χ3v) is 2.87. The molecule has 0 saturated carbocycles. The van der Waals surface area contributed by atoms with Gasteiger partial charge in [0, 0.05) is 10.0 Å². The second-order valence-electron chi connectivity index (χ2n) is 3.05. The number of rotatable bonds is 3. The summed E-state index contributed by atoms with van der Waals surface area (Å²) in [6.07, 6.45) is 0.212. The van der Waals surface area contributed by atoms with Crippen LogP contribution in [0, 0.1) is 0 Å². The molecular weight excluding hydrogens is 248 g/mol. The first-order valence-electron chi connectivity index (χ1n) is 4.29. The van der Waals surface area contributed by atoms with Crippen molar-refractivity contribution in [3.63, 3.8) is 0 Å². The van der Waals surface area contributed by atoms with Crippen LogP contribution in [0.4, 0.5) is 0 Å². The highest BCUT2D eigenvalue weighted by Crippen LogP contribution is 2.41. The van der Waals surface area contributed by atoms with Crippen LogP contribution in [0.3, 0.4) is 0 Å². The molecule has 1 saturated heterocycles. The Kier molecular flexibility index (Phi) is 2.65. The summed E-state index contributed by atoms with van der Waals surface area (Å²) in [4.78, 5) is 0. The molecule has 0 aliphatic carbocycles. The number of methoxy groups -OCH3 is 2. The van der Waals surface area contributed by atoms with E-state index < -0.39 is 0 Å². The standard InChI is InChI=1S/C10H11BrO3/c1-12-8-3-6(10-5-14-10)7(11)4-9(8)13-2/h3-4,10H,5H2,1-2H3/t10-/m0/s1. The normalized spacial score (nSPS) is 19.2. The average molecular weight is 259 g/mol. The van der Waals surface area contributed by atoms with Crippen LogP contribution in [-0.2, 0) is 4.74 Å². The number of benzene rings is 1. The van der Waals surface area contributed by atoms with Gasteiger partial charge in [0.15, 0.2) is 11.5 Å². The van der Waals surface area contributed by atoms with Crippen molar-refractivity contribution < 1.29 is 14.2 Å². The molecule has 1 fully saturated rings. The summed E-state index contributed by atoms with van der Waals surface area (Å²) in [5, 5.41) is 0. The molecule has 76 valence electrons. The SMILES string of the molecule is COc1cc(Br)c([C@@H]2CO2)cc1OC. The highest BCUT2D eigenvalue weighted by molar-refractivity contribution is 9.10. The zero-order valence-corrected chi connectivity index (χ0v) is 9.63. The predicted octanol–water partition coefficient (Wildman–Crippen LogP) is 2.54. The maximum absolute atomic E-state index is 5.22. The molecule has 1 aliphatic heterocycles. The van der Waals surface area contributed by atoms with Gasteiger partial charge >= 0.3 is 0 Å². The quantitative estimate of drug-likeness (QED) is 0.781. The fraction of sp³-hybridized carbons (Fsp3) is 0.400. The molecule has 0 unspecified atom stereocenters. The van der Waals surface area contributed by atoms with Crippen LogP contribution in [0.25, 0.3) is 0 Å². The van der Waals surface area contributed by atoms with Crippen molar-refractivity contribution in [2.45, 2.75) is 6.10 Å². The first kappa shape index (κ1) is 9.80. The summed E-state index contributed by atoms with van der Waals surface area (Å²) in [6, 6.07) is 3.84. The lowest BCUT2D eigenvalue weighted by Crippen LogP contribution is -1.93. The zero-order valence-electron chi connectivity index (χ0n) is 8.04. The van der Waals surface area contributed by atoms with Crippen LogP contribution in [-0.4, -0.2) is 20.8 Å². The van der Waals surface area contributed by atoms with E-state index in [4.69, 9.17) is 14.2 Å². The van der Waals surface area contributed by atoms with Gasteiger partial charge in [-0.25, -0.2) is 0 Å². The Morgan fingerprint density at radius 3 is 2.36 bits per heavy atom. The first-order chi connectivity index (χ1) is 6.76. The van der Waals surface area contributed by atoms with Gasteiger partial charge in [0.1, 0.15) is 6.10 Å². The number of epoxide rings is 1. The molecule has 3 nitrogen and oxygen atoms in total. The monoisotopic (exact) mass is 258 g/mol. The predicted molar refractivity (Wildman–Crippen MR) is 55.9 cm³/mol. The minimum absolute atomic E-state index is 0.212. The van der Waals surface area contributed by atoms with Crippen molar-refractivity contribution in [1.82, 2.24) is 0 Å². The smallest absolute Gasteiger partial charge is 0.161 e. The summed E-state index contributed by atoms with van der Waals surface area (Å²) < 4.78 is 16.6. The van der Waals surface area contributed by atoms with E-state index in [1.54, 1.807) is 14.2 Å². The molecule has 4 heteroatoms. The maximum atomic E-state index is 5.22. The van der Waals surface area contributed by atoms with Crippen LogP contribution >= 0.6 is 15.9 Å². The van der Waals surface area contributed by atoms with Crippen molar-refractivity contribution >= 4 is 15.9 Å². The highest BCUT2D eigenvalue weighted by atomic mass is 79.9. The zero-order chi connectivity index (χ0) is 10.1. The average Bonchev–Trinajstić information content (AvgIpc) is 3.01. The Morgan fingerprint density at radius 1 is 1.29 bits per heavy atom. The van der Waals surface area contributed by atoms with Crippen LogP contribution in [0.15, 0.2) is 16.6 Å². The van der Waals surface area contributed by atoms with Gasteiger partial charge in [-0.1, -0.05) is 15.9 Å². The Balaban J connectivity index is 2.42. The van der Waals surface area contributed by atoms with Gasteiger partial charge in [-0.3, -0.25) is 0 Å². The van der Waals surface area contributed by atoms with Gasteiger partial charge in [0.2, 0.25) is 0 Å². The number of halogens is 1. The van der Waals surface area contributed by atoms with E-state index in [0.29, 0.717) is 0 Å². The largest absolute Gasteiger partial charge is 0.493 e. The lowest BCUT2D eigenvalue weighted by Gasteiger charge is -2.10. The van der Waals surface area contributed by atoms with Gasteiger partial charge in [-0.05, 0) is 12.1 Å². The maximum Gasteiger partial charge on any atom is 0.161 e. The molecule has 1 atom stereocenters. The van der Waals surface area contributed by atoms with Crippen molar-refractivity contribution in [1.29, 1.82) is 0 Å². The van der Waals surface area contributed by atoms with E-state index in [9.17, 15) is 0 Å². The van der Waals surface area contributed by atoms with Crippen molar-refractivity contribution in [3.05, 3.63) is 22.2 Å². The molecule has 14 heavy (non-hydrogen) atoms. The van der Waals surface area contributed by atoms with E-state index in [2.05, 4.69) is 15.9 Å². The van der Waals surface area contributed by atoms with Gasteiger partial charge in [0.05, 0.1) is 20.8 Å². The lowest BCUT2D eigenvalue weighted by molar-refractivity contribution is 0.353. The van der Waals surface area contributed by atoms with Crippen LogP contribution in [0.5, 0.6) is 11.5 Å². The Labute approximate surface area is 91.1 Å². The minimum atomic E-state index is 0.212. The minimum Gasteiger partial charge on any atom is -0.493 e. The van der Waals surface area contributed by atoms with Gasteiger partial charge in [-0.15, -0.1) is 0 Å². The Hall–Kier alpha value is -0.740. The second kappa shape index (κ2) is 3.79. The number of hydrogen-bond acceptors (Lipinski definition) is 3. The molecule has 2 rings (SSSR count). The first-order valence-corrected chi connectivity index (χ1v) is 5.08. The summed E-state index contributed by atoms with van der Waals surface area (Å²) in [5.74, 6) is 1.46. The molecule has 0 amide bonds. The molecule has 0 aromatic heterocycles. The van der Waals surface area contributed by atoms with E-state index >= 15 is 0 Å². The molecule has 1 aromatic carbocycles. The summed E-state index contributed by atoms with van der Waals surface area (Å²) in [7, 11) is 3.25. The molecule has 0 radical (unpaired) electrons. The highest BCUT2D eigenvalue weighted by Gasteiger charge is 2.28. The van der Waals surface area contributed by atoms with Crippen LogP contribution in [0.2, 0.25) is 0 Å². The third kappa shape index (κ3) is 1.72. The summed E-state index contributed by atoms with van der Waals surface area (Å²) in [6.45, 7) is 0.786. The molecule has 0 N–H and O–H groups in total. The second-order valence-corrected chi connectivity index (χ2v) is 3.91. The molecule has 1 aromatic rings. The molecule has 1 heterocycles. The Bertz CT molecular complexity index is 347. The topological polar surface area (TPSA) is 31.0 Å². The summed E-state index contributed by atoms with van der Waals surface area (Å²) >= 11 is 3.48. The number of hydrogen-bond donors (Lipinski definition) is 0. The van der Waals surface area contributed by atoms with Gasteiger partial charge in [0.25, 0.3) is 0 Å². The lowest BCUT2D eigenvalue weighted by atomic mass is 10.1. The molecule has 0 spiro atoms. The van der Waals surface area contributed by atoms with Crippen molar-refractivity contribution in [2.75, 3.05) is 20.8 Å². The summed E-state index contributed by atoms with van der Waals surface area (Å²) in [5.41, 5.74) is 1.11. The Morgan fingerprint density at radius 2 is 1.86 bits per heavy atom.